The van der Waals surface area contributed by atoms with Gasteiger partial charge < -0.3 is 25.2 Å². The van der Waals surface area contributed by atoms with E-state index < -0.39 is 16.9 Å². The number of piperazine rings is 1. The topological polar surface area (TPSA) is 149 Å². The van der Waals surface area contributed by atoms with Gasteiger partial charge in [-0.2, -0.15) is 0 Å². The van der Waals surface area contributed by atoms with Gasteiger partial charge in [0.05, 0.1) is 11.1 Å². The lowest BCUT2D eigenvalue weighted by molar-refractivity contribution is -0.137. The van der Waals surface area contributed by atoms with Crippen LogP contribution in [-0.4, -0.2) is 83.1 Å². The molecule has 0 saturated carbocycles. The van der Waals surface area contributed by atoms with E-state index in [1.165, 1.54) is 33.4 Å². The molecule has 0 atom stereocenters. The number of rotatable bonds is 17. The highest BCUT2D eigenvalue weighted by molar-refractivity contribution is 7.02. The van der Waals surface area contributed by atoms with Crippen molar-refractivity contribution >= 4 is 38.1 Å². The summed E-state index contributed by atoms with van der Waals surface area (Å²) in [6.45, 7) is 9.31. The number of halogens is 1. The maximum atomic E-state index is 12.8. The number of carbonyl (C=O) groups excluding carboxylic acids is 2. The fourth-order valence-electron chi connectivity index (χ4n) is 9.83. The maximum absolute atomic E-state index is 12.8. The van der Waals surface area contributed by atoms with Gasteiger partial charge in [0, 0.05) is 57.3 Å². The van der Waals surface area contributed by atoms with Crippen molar-refractivity contribution in [3.05, 3.63) is 276 Å². The van der Waals surface area contributed by atoms with E-state index in [0.29, 0.717) is 37.6 Å². The minimum Gasteiger partial charge on any atom is -0.481 e. The second kappa shape index (κ2) is 34.2. The smallest absolute Gasteiger partial charge is 0.415 e. The molecule has 4 N–H and O–H groups in total. The largest absolute Gasteiger partial charge is 0.481 e. The van der Waals surface area contributed by atoms with Gasteiger partial charge in [0.2, 0.25) is 0 Å². The predicted octanol–water partition coefficient (Wildman–Crippen LogP) is 15.0. The number of benzene rings is 8. The molecular formula is C66H73ClN5O6P. The van der Waals surface area contributed by atoms with E-state index in [4.69, 9.17) is 28.6 Å². The molecule has 9 rings (SSSR count). The van der Waals surface area contributed by atoms with E-state index in [-0.39, 0.29) is 11.6 Å². The van der Waals surface area contributed by atoms with E-state index >= 15 is 0 Å². The third kappa shape index (κ3) is 17.6. The number of hydrogen-bond donors (Lipinski definition) is 3. The number of amides is 1. The van der Waals surface area contributed by atoms with Crippen molar-refractivity contribution in [2.45, 2.75) is 50.6 Å². The molecule has 0 aromatic heterocycles. The van der Waals surface area contributed by atoms with Crippen LogP contribution in [0.4, 0.5) is 9.59 Å². The molecule has 0 radical (unpaired) electrons. The molecule has 0 aliphatic carbocycles. The summed E-state index contributed by atoms with van der Waals surface area (Å²) >= 11 is 4.95. The van der Waals surface area contributed by atoms with Gasteiger partial charge in [-0.3, -0.25) is 19.7 Å². The van der Waals surface area contributed by atoms with Crippen molar-refractivity contribution < 1.29 is 30.4 Å². The Morgan fingerprint density at radius 2 is 0.886 bits per heavy atom. The number of carboxylic acid groups (broad SMARTS) is 1. The number of nitrogens with two attached hydrogens (primary N) is 1. The number of carboxylic acids is 1. The molecule has 8 aromatic rings. The maximum Gasteiger partial charge on any atom is 0.415 e. The Morgan fingerprint density at radius 1 is 0.557 bits per heavy atom. The van der Waals surface area contributed by atoms with Gasteiger partial charge in [0.1, 0.15) is 11.5 Å². The molecule has 0 spiro atoms. The monoisotopic (exact) mass is 1100 g/mol. The van der Waals surface area contributed by atoms with Crippen molar-refractivity contribution in [1.82, 2.24) is 14.7 Å². The zero-order valence-electron chi connectivity index (χ0n) is 46.1. The Balaban J connectivity index is 0.000000223. The first-order chi connectivity index (χ1) is 39.1. The highest BCUT2D eigenvalue weighted by Crippen LogP contribution is 2.44. The van der Waals surface area contributed by atoms with Crippen LogP contribution in [0.2, 0.25) is 1.41 Å². The molecule has 1 aliphatic rings. The van der Waals surface area contributed by atoms with Crippen LogP contribution in [0.3, 0.4) is 0 Å². The molecule has 1 aliphatic heterocycles. The zero-order valence-corrected chi connectivity index (χ0v) is 46.9. The number of aliphatic carboxylic acids is 1. The van der Waals surface area contributed by atoms with Crippen LogP contribution in [-0.2, 0) is 15.9 Å². The Labute approximate surface area is 475 Å². The Hall–Kier alpha value is -7.76. The standard InChI is InChI=1S/C30H28N2O2.C24H28N2.C7H5ClO2.C5H10O2.H2NP/c33-29(34-28-19-11-4-12-20-28)31-21-23-32(24-22-31)30(25-13-5-1-6-14-25,26-15-7-2-8-16-26)27-17-9-3-10-18-27;1-2-19-26(20-18-25)24(21-12-6-3-7-13-21,22-14-8-4-9-15-22)23-16-10-5-11-17-23;8-7(9)10-6-4-2-1-3-5-6;1-2-3-4-5(6)7;1-2/h1-20H,21-24H2;3-17H,2,18-20,25H2,1H3;1-5H;2-4H2,1H3,(H,6,7);1-2H/i/hT. The molecular weight excluding hydrogens is 1030 g/mol. The SMILES string of the molecule is CCCCC(=O)O.CCCN(CCN)C(c1ccccc1)(c1ccccc1)c1ccccc1.O=C(Cl)Oc1ccccc1.O=C(Oc1ccccc1)N1CCN(C(c2ccccc2)(c2ccccc2)c2ccccc2)CC1.[3H]N=P. The van der Waals surface area contributed by atoms with Crippen molar-refractivity contribution in [1.29, 1.82) is 5.15 Å². The van der Waals surface area contributed by atoms with Crippen molar-refractivity contribution in [3.63, 3.8) is 0 Å². The third-order valence-corrected chi connectivity index (χ3v) is 13.2. The molecule has 1 fully saturated rings. The number of hydrogen-bond acceptors (Lipinski definition) is 9. The first-order valence-electron chi connectivity index (χ1n) is 27.0. The van der Waals surface area contributed by atoms with E-state index in [9.17, 15) is 14.4 Å². The van der Waals surface area contributed by atoms with Crippen LogP contribution in [0.15, 0.2) is 243 Å². The second-order valence-corrected chi connectivity index (χ2v) is 18.5. The fraction of sp³-hybridized carbons (Fsp3) is 0.227. The average Bonchev–Trinajstić information content (AvgIpc) is 3.62. The van der Waals surface area contributed by atoms with Crippen molar-refractivity contribution in [2.75, 3.05) is 45.8 Å². The van der Waals surface area contributed by atoms with E-state index in [1.54, 1.807) is 41.3 Å². The number of nitrogens with one attached hydrogen (secondary N) is 1. The molecule has 8 aromatic carbocycles. The molecule has 13 heteroatoms. The lowest BCUT2D eigenvalue weighted by Gasteiger charge is -2.48. The van der Waals surface area contributed by atoms with Crippen LogP contribution >= 0.6 is 20.6 Å². The zero-order chi connectivity index (χ0) is 57.3. The van der Waals surface area contributed by atoms with E-state index in [0.717, 1.165) is 45.4 Å². The number of para-hydroxylation sites is 2. The van der Waals surface area contributed by atoms with Gasteiger partial charge in [-0.25, -0.2) is 9.59 Å². The summed E-state index contributed by atoms with van der Waals surface area (Å²) in [5.74, 6) is 0.339. The predicted molar refractivity (Wildman–Crippen MR) is 321 cm³/mol. The van der Waals surface area contributed by atoms with Gasteiger partial charge in [-0.15, -0.1) is 0 Å². The van der Waals surface area contributed by atoms with E-state index in [1.807, 2.05) is 31.2 Å². The Bertz CT molecular complexity index is 2770. The quantitative estimate of drug-likeness (QED) is 0.0460. The molecule has 0 bridgehead atoms. The summed E-state index contributed by atoms with van der Waals surface area (Å²) < 4.78 is 15.9. The number of nitrogens with zero attached hydrogens (tertiary/aromatic N) is 3. The fourth-order valence-corrected chi connectivity index (χ4v) is 9.92. The minimum absolute atomic E-state index is 0.296. The van der Waals surface area contributed by atoms with Crippen LogP contribution in [0, 0.1) is 5.15 Å². The number of unbranched alkanes of at least 4 members (excludes halogenated alkanes) is 1. The first-order valence-corrected chi connectivity index (χ1v) is 27.4. The Kier molecular flexibility index (Phi) is 26.2. The highest BCUT2D eigenvalue weighted by Gasteiger charge is 2.44. The summed E-state index contributed by atoms with van der Waals surface area (Å²) in [7, 11) is 2.48. The van der Waals surface area contributed by atoms with Crippen molar-refractivity contribution in [2.24, 2.45) is 5.73 Å². The summed E-state index contributed by atoms with van der Waals surface area (Å²) in [6, 6.07) is 82.3. The molecule has 410 valence electrons. The molecule has 1 saturated heterocycles. The molecule has 1 heterocycles. The van der Waals surface area contributed by atoms with Crippen LogP contribution in [0.25, 0.3) is 0 Å². The number of carbonyl (C=O) groups is 3. The van der Waals surface area contributed by atoms with Gasteiger partial charge in [0.25, 0.3) is 0 Å². The average molecular weight is 1100 g/mol. The second-order valence-electron chi connectivity index (χ2n) is 18.2. The van der Waals surface area contributed by atoms with Gasteiger partial charge in [-0.05, 0) is 86.1 Å². The summed E-state index contributed by atoms with van der Waals surface area (Å²) in [5.41, 5.74) is 11.9. The van der Waals surface area contributed by atoms with Crippen LogP contribution in [0.1, 0.15) is 72.9 Å². The normalized spacial score (nSPS) is 12.2. The molecule has 0 unspecified atom stereocenters. The van der Waals surface area contributed by atoms with Gasteiger partial charge in [0.15, 0.2) is 1.41 Å². The highest BCUT2D eigenvalue weighted by atomic mass is 35.5. The molecule has 11 nitrogen and oxygen atoms in total. The number of ether oxygens (including phenoxy) is 2. The summed E-state index contributed by atoms with van der Waals surface area (Å²) in [6.07, 6.45) is 2.86. The third-order valence-electron chi connectivity index (χ3n) is 13.2. The minimum atomic E-state index is -0.814. The molecule has 1 amide bonds. The van der Waals surface area contributed by atoms with Crippen molar-refractivity contribution in [3.8, 4) is 11.5 Å². The Morgan fingerprint density at radius 3 is 1.18 bits per heavy atom. The first kappa shape index (κ1) is 60.5. The lowest BCUT2D eigenvalue weighted by atomic mass is 9.75. The van der Waals surface area contributed by atoms with Gasteiger partial charge in [-0.1, -0.05) is 239 Å². The van der Waals surface area contributed by atoms with Crippen LogP contribution < -0.4 is 15.2 Å². The lowest BCUT2D eigenvalue weighted by Crippen LogP contribution is -2.57. The summed E-state index contributed by atoms with van der Waals surface area (Å²) in [4.78, 5) is 39.6. The van der Waals surface area contributed by atoms with Gasteiger partial charge >= 0.3 is 17.5 Å². The van der Waals surface area contributed by atoms with E-state index in [2.05, 4.69) is 218 Å². The van der Waals surface area contributed by atoms with Crippen LogP contribution in [0.5, 0.6) is 11.5 Å². The summed E-state index contributed by atoms with van der Waals surface area (Å²) in [5, 5.41) is 10.6. The molecule has 79 heavy (non-hydrogen) atoms.